The number of halogens is 2. The highest BCUT2D eigenvalue weighted by Gasteiger charge is 2.31. The van der Waals surface area contributed by atoms with Gasteiger partial charge in [-0.3, -0.25) is 0 Å². The fraction of sp³-hybridized carbons (Fsp3) is 0.500. The van der Waals surface area contributed by atoms with Crippen molar-refractivity contribution in [3.8, 4) is 0 Å². The molecule has 0 aromatic heterocycles. The molecule has 0 saturated heterocycles. The average molecular weight is 326 g/mol. The number of hydrogen-bond acceptors (Lipinski definition) is 4. The van der Waals surface area contributed by atoms with Gasteiger partial charge >= 0.3 is 0 Å². The minimum absolute atomic E-state index is 0.110. The van der Waals surface area contributed by atoms with Crippen molar-refractivity contribution >= 4 is 33.0 Å². The maximum atomic E-state index is 11.5. The number of rotatable bonds is 5. The molecule has 3 N–H and O–H groups in total. The van der Waals surface area contributed by atoms with Gasteiger partial charge in [0.2, 0.25) is 0 Å². The maximum absolute atomic E-state index is 11.5. The molecule has 0 bridgehead atoms. The smallest absolute Gasteiger partial charge is 0.152 e. The first-order valence-corrected chi connectivity index (χ1v) is 8.41. The summed E-state index contributed by atoms with van der Waals surface area (Å²) in [5.74, 6) is -0.514. The summed E-state index contributed by atoms with van der Waals surface area (Å²) in [5, 5.41) is 10.0. The van der Waals surface area contributed by atoms with E-state index in [9.17, 15) is 13.5 Å². The van der Waals surface area contributed by atoms with Gasteiger partial charge in [0.25, 0.3) is 0 Å². The fourth-order valence-corrected chi connectivity index (χ4v) is 2.80. The van der Waals surface area contributed by atoms with Gasteiger partial charge in [0.15, 0.2) is 9.84 Å². The van der Waals surface area contributed by atoms with E-state index in [-0.39, 0.29) is 6.54 Å². The highest BCUT2D eigenvalue weighted by Crippen LogP contribution is 2.29. The zero-order valence-corrected chi connectivity index (χ0v) is 13.0. The Morgan fingerprint density at radius 2 is 1.89 bits per heavy atom. The predicted octanol–water partition coefficient (Wildman–Crippen LogP) is 1.83. The molecular weight excluding hydrogens is 309 g/mol. The van der Waals surface area contributed by atoms with Crippen molar-refractivity contribution in [1.29, 1.82) is 0 Å². The summed E-state index contributed by atoms with van der Waals surface area (Å²) >= 11 is 11.7. The van der Waals surface area contributed by atoms with Gasteiger partial charge in [-0.25, -0.2) is 8.42 Å². The maximum Gasteiger partial charge on any atom is 0.152 e. The molecule has 1 aromatic carbocycles. The number of nitrogens with two attached hydrogens (primary N) is 1. The summed E-state index contributed by atoms with van der Waals surface area (Å²) in [6, 6.07) is 4.88. The second-order valence-electron chi connectivity index (χ2n) is 4.54. The number of aliphatic hydroxyl groups is 1. The highest BCUT2D eigenvalue weighted by molar-refractivity contribution is 7.91. The Balaban J connectivity index is 3.09. The Bertz CT molecular complexity index is 548. The molecule has 0 aliphatic heterocycles. The van der Waals surface area contributed by atoms with Gasteiger partial charge in [-0.15, -0.1) is 0 Å². The quantitative estimate of drug-likeness (QED) is 0.865. The van der Waals surface area contributed by atoms with Gasteiger partial charge in [0.1, 0.15) is 0 Å². The average Bonchev–Trinajstić information content (AvgIpc) is 2.32. The van der Waals surface area contributed by atoms with E-state index in [1.165, 1.54) is 6.92 Å². The molecule has 1 aromatic rings. The van der Waals surface area contributed by atoms with E-state index in [0.29, 0.717) is 15.6 Å². The standard InChI is InChI=1S/C12H17Cl2NO3S/c1-7(19(2,17)18)12(16)9(6-15)8-3-4-10(13)11(14)5-8/h3-5,7,9,12,16H,6,15H2,1-2H3. The first-order chi connectivity index (χ1) is 8.68. The monoisotopic (exact) mass is 325 g/mol. The minimum atomic E-state index is -3.35. The predicted molar refractivity (Wildman–Crippen MR) is 78.6 cm³/mol. The van der Waals surface area contributed by atoms with E-state index in [2.05, 4.69) is 0 Å². The Morgan fingerprint density at radius 1 is 1.32 bits per heavy atom. The Labute approximate surface area is 123 Å². The van der Waals surface area contributed by atoms with Crippen LogP contribution in [0.15, 0.2) is 18.2 Å². The van der Waals surface area contributed by atoms with Crippen LogP contribution in [0.4, 0.5) is 0 Å². The number of aliphatic hydroxyl groups excluding tert-OH is 1. The highest BCUT2D eigenvalue weighted by atomic mass is 35.5. The van der Waals surface area contributed by atoms with Gasteiger partial charge in [0, 0.05) is 18.7 Å². The Kier molecular flexibility index (Phi) is 5.65. The van der Waals surface area contributed by atoms with Crippen molar-refractivity contribution in [1.82, 2.24) is 0 Å². The lowest BCUT2D eigenvalue weighted by molar-refractivity contribution is 0.144. The molecule has 0 saturated carbocycles. The molecule has 3 unspecified atom stereocenters. The molecular formula is C12H17Cl2NO3S. The van der Waals surface area contributed by atoms with Crippen LogP contribution in [0.3, 0.4) is 0 Å². The SMILES string of the molecule is CC(C(O)C(CN)c1ccc(Cl)c(Cl)c1)S(C)(=O)=O. The summed E-state index contributed by atoms with van der Waals surface area (Å²) in [6.45, 7) is 1.57. The molecule has 0 aliphatic rings. The van der Waals surface area contributed by atoms with Crippen molar-refractivity contribution < 1.29 is 13.5 Å². The zero-order valence-electron chi connectivity index (χ0n) is 10.7. The van der Waals surface area contributed by atoms with E-state index in [4.69, 9.17) is 28.9 Å². The van der Waals surface area contributed by atoms with Crippen molar-refractivity contribution in [3.05, 3.63) is 33.8 Å². The van der Waals surface area contributed by atoms with Crippen LogP contribution in [0.25, 0.3) is 0 Å². The van der Waals surface area contributed by atoms with Gasteiger partial charge in [0.05, 0.1) is 21.4 Å². The molecule has 3 atom stereocenters. The van der Waals surface area contributed by atoms with Crippen molar-refractivity contribution in [2.24, 2.45) is 5.73 Å². The van der Waals surface area contributed by atoms with Crippen LogP contribution in [0, 0.1) is 0 Å². The molecule has 0 fully saturated rings. The number of hydrogen-bond donors (Lipinski definition) is 2. The minimum Gasteiger partial charge on any atom is -0.391 e. The molecule has 0 radical (unpaired) electrons. The lowest BCUT2D eigenvalue weighted by Crippen LogP contribution is -2.38. The molecule has 1 rings (SSSR count). The summed E-state index contributed by atoms with van der Waals surface area (Å²) in [4.78, 5) is 0. The molecule has 7 heteroatoms. The Morgan fingerprint density at radius 3 is 2.32 bits per heavy atom. The third kappa shape index (κ3) is 4.07. The topological polar surface area (TPSA) is 80.4 Å². The van der Waals surface area contributed by atoms with Crippen LogP contribution in [-0.4, -0.2) is 37.7 Å². The van der Waals surface area contributed by atoms with Crippen LogP contribution < -0.4 is 5.73 Å². The van der Waals surface area contributed by atoms with E-state index in [1.807, 2.05) is 0 Å². The summed E-state index contributed by atoms with van der Waals surface area (Å²) in [7, 11) is -3.35. The molecule has 0 amide bonds. The van der Waals surface area contributed by atoms with Crippen LogP contribution in [0.1, 0.15) is 18.4 Å². The molecule has 0 aliphatic carbocycles. The van der Waals surface area contributed by atoms with E-state index >= 15 is 0 Å². The lowest BCUT2D eigenvalue weighted by atomic mass is 9.92. The van der Waals surface area contributed by atoms with Crippen molar-refractivity contribution in [2.75, 3.05) is 12.8 Å². The molecule has 0 spiro atoms. The molecule has 4 nitrogen and oxygen atoms in total. The summed E-state index contributed by atoms with van der Waals surface area (Å²) < 4.78 is 23.0. The van der Waals surface area contributed by atoms with Gasteiger partial charge in [-0.2, -0.15) is 0 Å². The fourth-order valence-electron chi connectivity index (χ4n) is 1.80. The third-order valence-electron chi connectivity index (χ3n) is 3.19. The normalized spacial score (nSPS) is 16.9. The van der Waals surface area contributed by atoms with Gasteiger partial charge in [-0.05, 0) is 24.6 Å². The molecule has 0 heterocycles. The van der Waals surface area contributed by atoms with E-state index in [1.54, 1.807) is 18.2 Å². The second-order valence-corrected chi connectivity index (χ2v) is 7.76. The Hall–Kier alpha value is -0.330. The zero-order chi connectivity index (χ0) is 14.8. The van der Waals surface area contributed by atoms with Gasteiger partial charge < -0.3 is 10.8 Å². The number of sulfone groups is 1. The summed E-state index contributed by atoms with van der Waals surface area (Å²) in [5.41, 5.74) is 6.31. The molecule has 19 heavy (non-hydrogen) atoms. The van der Waals surface area contributed by atoms with Gasteiger partial charge in [-0.1, -0.05) is 29.3 Å². The number of benzene rings is 1. The summed E-state index contributed by atoms with van der Waals surface area (Å²) in [6.07, 6.45) is -0.0132. The second kappa shape index (κ2) is 6.41. The largest absolute Gasteiger partial charge is 0.391 e. The van der Waals surface area contributed by atoms with Crippen molar-refractivity contribution in [2.45, 2.75) is 24.2 Å². The van der Waals surface area contributed by atoms with Crippen LogP contribution >= 0.6 is 23.2 Å². The van der Waals surface area contributed by atoms with Crippen LogP contribution in [-0.2, 0) is 9.84 Å². The van der Waals surface area contributed by atoms with Crippen LogP contribution in [0.2, 0.25) is 10.0 Å². The van der Waals surface area contributed by atoms with E-state index in [0.717, 1.165) is 6.26 Å². The van der Waals surface area contributed by atoms with E-state index < -0.39 is 27.1 Å². The first kappa shape index (κ1) is 16.7. The van der Waals surface area contributed by atoms with Crippen molar-refractivity contribution in [3.63, 3.8) is 0 Å². The first-order valence-electron chi connectivity index (χ1n) is 5.70. The van der Waals surface area contributed by atoms with Crippen LogP contribution in [0.5, 0.6) is 0 Å². The third-order valence-corrected chi connectivity index (χ3v) is 5.56. The lowest BCUT2D eigenvalue weighted by Gasteiger charge is -2.26. The molecule has 108 valence electrons.